The van der Waals surface area contributed by atoms with Gasteiger partial charge in [0.15, 0.2) is 5.82 Å². The first-order valence-electron chi connectivity index (χ1n) is 9.48. The zero-order valence-electron chi connectivity index (χ0n) is 16.7. The third-order valence-corrected chi connectivity index (χ3v) is 5.39. The van der Waals surface area contributed by atoms with E-state index in [4.69, 9.17) is 11.6 Å². The molecule has 0 fully saturated rings. The third kappa shape index (κ3) is 4.56. The fraction of sp³-hybridized carbons (Fsp3) is 0.150. The van der Waals surface area contributed by atoms with E-state index in [1.54, 1.807) is 18.2 Å². The van der Waals surface area contributed by atoms with E-state index in [1.165, 1.54) is 22.5 Å². The van der Waals surface area contributed by atoms with Crippen LogP contribution in [-0.2, 0) is 12.2 Å². The number of benzene rings is 2. The second-order valence-electron chi connectivity index (χ2n) is 6.51. The molecule has 2 aromatic heterocycles. The molecule has 2 aromatic carbocycles. The summed E-state index contributed by atoms with van der Waals surface area (Å²) in [4.78, 5) is 12.8. The van der Waals surface area contributed by atoms with Crippen LogP contribution >= 0.6 is 11.8 Å². The number of halogens is 1. The highest BCUT2D eigenvalue weighted by atomic mass is 32.2. The van der Waals surface area contributed by atoms with Crippen LogP contribution in [0.2, 0.25) is 0 Å². The van der Waals surface area contributed by atoms with Gasteiger partial charge in [-0.25, -0.2) is 9.07 Å². The van der Waals surface area contributed by atoms with Gasteiger partial charge in [0.05, 0.1) is 11.3 Å². The van der Waals surface area contributed by atoms with Crippen molar-refractivity contribution in [1.82, 2.24) is 29.8 Å². The molecule has 9 nitrogen and oxygen atoms in total. The molecule has 11 heteroatoms. The number of nitrogens with two attached hydrogens (primary N) is 2. The second-order valence-corrected chi connectivity index (χ2v) is 7.46. The van der Waals surface area contributed by atoms with Crippen LogP contribution < -0.4 is 16.9 Å². The Hall–Kier alpha value is -3.73. The van der Waals surface area contributed by atoms with Crippen LogP contribution in [0.5, 0.6) is 0 Å². The molecule has 0 aliphatic carbocycles. The lowest BCUT2D eigenvalue weighted by molar-refractivity contribution is 0.629. The highest BCUT2D eigenvalue weighted by Crippen LogP contribution is 2.26. The van der Waals surface area contributed by atoms with Crippen molar-refractivity contribution in [3.8, 4) is 11.4 Å². The molecule has 158 valence electrons. The monoisotopic (exact) mass is 437 g/mol. The van der Waals surface area contributed by atoms with Gasteiger partial charge in [0.1, 0.15) is 11.6 Å². The third-order valence-electron chi connectivity index (χ3n) is 4.45. The molecule has 5 N–H and O–H groups in total. The summed E-state index contributed by atoms with van der Waals surface area (Å²) >= 11 is 1.26. The molecule has 0 bridgehead atoms. The van der Waals surface area contributed by atoms with Gasteiger partial charge in [-0.2, -0.15) is 15.0 Å². The normalized spacial score (nSPS) is 10.9. The van der Waals surface area contributed by atoms with Gasteiger partial charge in [0.25, 0.3) is 0 Å². The Morgan fingerprint density at radius 2 is 1.81 bits per heavy atom. The number of nitrogens with one attached hydrogen (secondary N) is 1. The molecule has 0 atom stereocenters. The Bertz CT molecular complexity index is 1210. The lowest BCUT2D eigenvalue weighted by atomic mass is 10.1. The predicted molar refractivity (Wildman–Crippen MR) is 118 cm³/mol. The number of thioether (sulfide) groups is 1. The van der Waals surface area contributed by atoms with Gasteiger partial charge in [-0.15, -0.1) is 10.2 Å². The molecule has 0 radical (unpaired) electrons. The van der Waals surface area contributed by atoms with Gasteiger partial charge in [-0.05, 0) is 30.2 Å². The van der Waals surface area contributed by atoms with E-state index in [2.05, 4.69) is 37.4 Å². The van der Waals surface area contributed by atoms with Gasteiger partial charge >= 0.3 is 0 Å². The summed E-state index contributed by atoms with van der Waals surface area (Å²) in [5.74, 6) is 7.11. The fourth-order valence-corrected chi connectivity index (χ4v) is 3.67. The summed E-state index contributed by atoms with van der Waals surface area (Å²) in [7, 11) is 0. The van der Waals surface area contributed by atoms with Gasteiger partial charge in [-0.3, -0.25) is 0 Å². The van der Waals surface area contributed by atoms with Gasteiger partial charge < -0.3 is 16.9 Å². The molecule has 0 saturated heterocycles. The minimum absolute atomic E-state index is 0.100. The summed E-state index contributed by atoms with van der Waals surface area (Å²) in [6, 6.07) is 14.1. The number of hydrogen-bond acceptors (Lipinski definition) is 9. The molecule has 4 rings (SSSR count). The summed E-state index contributed by atoms with van der Waals surface area (Å²) < 4.78 is 15.3. The predicted octanol–water partition coefficient (Wildman–Crippen LogP) is 3.16. The van der Waals surface area contributed by atoms with E-state index < -0.39 is 5.82 Å². The Kier molecular flexibility index (Phi) is 5.94. The van der Waals surface area contributed by atoms with E-state index in [0.29, 0.717) is 22.7 Å². The minimum Gasteiger partial charge on any atom is -0.368 e. The Labute approximate surface area is 182 Å². The van der Waals surface area contributed by atoms with Crippen molar-refractivity contribution in [2.45, 2.75) is 24.3 Å². The zero-order chi connectivity index (χ0) is 21.8. The van der Waals surface area contributed by atoms with E-state index >= 15 is 0 Å². The molecule has 2 heterocycles. The van der Waals surface area contributed by atoms with Crippen molar-refractivity contribution in [3.63, 3.8) is 0 Å². The number of rotatable bonds is 7. The number of aromatic nitrogens is 6. The molecule has 0 unspecified atom stereocenters. The maximum Gasteiger partial charge on any atom is 0.232 e. The first-order chi connectivity index (χ1) is 15.0. The maximum absolute atomic E-state index is 14.0. The SMILES string of the molecule is CCc1ccccc1Nc1nc(N)nc(CSc2nnc(-c3ccccc3F)n2N)n1. The van der Waals surface area contributed by atoms with Crippen LogP contribution in [-0.4, -0.2) is 29.8 Å². The number of nitrogens with zero attached hydrogens (tertiary/aromatic N) is 6. The Balaban J connectivity index is 1.51. The summed E-state index contributed by atoms with van der Waals surface area (Å²) in [6.45, 7) is 2.07. The smallest absolute Gasteiger partial charge is 0.232 e. The molecule has 0 spiro atoms. The van der Waals surface area contributed by atoms with Crippen LogP contribution in [0, 0.1) is 5.82 Å². The number of nitrogen functional groups attached to an aromatic ring is 2. The van der Waals surface area contributed by atoms with Gasteiger partial charge in [0.2, 0.25) is 17.1 Å². The van der Waals surface area contributed by atoms with Crippen molar-refractivity contribution in [2.24, 2.45) is 0 Å². The molecular weight excluding hydrogens is 417 g/mol. The largest absolute Gasteiger partial charge is 0.368 e. The van der Waals surface area contributed by atoms with Crippen molar-refractivity contribution in [1.29, 1.82) is 0 Å². The van der Waals surface area contributed by atoms with Gasteiger partial charge in [0, 0.05) is 5.69 Å². The minimum atomic E-state index is -0.425. The number of para-hydroxylation sites is 1. The average molecular weight is 438 g/mol. The lowest BCUT2D eigenvalue weighted by Crippen LogP contribution is -2.12. The molecule has 0 aliphatic rings. The molecular formula is C20H20FN9S. The van der Waals surface area contributed by atoms with Crippen molar-refractivity contribution < 1.29 is 4.39 Å². The van der Waals surface area contributed by atoms with Crippen molar-refractivity contribution in [3.05, 3.63) is 65.7 Å². The van der Waals surface area contributed by atoms with E-state index in [0.717, 1.165) is 17.7 Å². The second kappa shape index (κ2) is 8.96. The van der Waals surface area contributed by atoms with E-state index in [-0.39, 0.29) is 17.3 Å². The maximum atomic E-state index is 14.0. The summed E-state index contributed by atoms with van der Waals surface area (Å²) in [6.07, 6.45) is 0.864. The molecule has 4 aromatic rings. The van der Waals surface area contributed by atoms with Crippen LogP contribution in [0.25, 0.3) is 11.4 Å². The molecule has 0 amide bonds. The number of anilines is 3. The molecule has 31 heavy (non-hydrogen) atoms. The first kappa shape index (κ1) is 20.5. The van der Waals surface area contributed by atoms with Crippen LogP contribution in [0.15, 0.2) is 53.7 Å². The zero-order valence-corrected chi connectivity index (χ0v) is 17.5. The fourth-order valence-electron chi connectivity index (χ4n) is 2.96. The van der Waals surface area contributed by atoms with Crippen LogP contribution in [0.4, 0.5) is 22.0 Å². The van der Waals surface area contributed by atoms with Crippen molar-refractivity contribution >= 4 is 29.3 Å². The molecule has 0 saturated carbocycles. The summed E-state index contributed by atoms with van der Waals surface area (Å²) in [5, 5.41) is 11.6. The van der Waals surface area contributed by atoms with Gasteiger partial charge in [-0.1, -0.05) is 49.0 Å². The van der Waals surface area contributed by atoms with Crippen LogP contribution in [0.1, 0.15) is 18.3 Å². The van der Waals surface area contributed by atoms with E-state index in [1.807, 2.05) is 24.3 Å². The topological polar surface area (TPSA) is 133 Å². The highest BCUT2D eigenvalue weighted by molar-refractivity contribution is 7.98. The summed E-state index contributed by atoms with van der Waals surface area (Å²) in [5.41, 5.74) is 8.18. The quantitative estimate of drug-likeness (QED) is 0.294. The Morgan fingerprint density at radius 1 is 1.03 bits per heavy atom. The Morgan fingerprint density at radius 3 is 2.61 bits per heavy atom. The number of aryl methyl sites for hydroxylation is 1. The van der Waals surface area contributed by atoms with Crippen molar-refractivity contribution in [2.75, 3.05) is 16.9 Å². The lowest BCUT2D eigenvalue weighted by Gasteiger charge is -2.10. The molecule has 0 aliphatic heterocycles. The standard InChI is InChI=1S/C20H20FN9S/c1-2-12-7-3-6-10-15(12)24-19-26-16(25-18(22)27-19)11-31-20-29-28-17(30(20)23)13-8-4-5-9-14(13)21/h3-10H,2,11,23H2,1H3,(H3,22,24,25,26,27). The highest BCUT2D eigenvalue weighted by Gasteiger charge is 2.16. The van der Waals surface area contributed by atoms with Crippen LogP contribution in [0.3, 0.4) is 0 Å². The number of hydrogen-bond donors (Lipinski definition) is 3. The first-order valence-corrected chi connectivity index (χ1v) is 10.5. The average Bonchev–Trinajstić information content (AvgIpc) is 3.13. The van der Waals surface area contributed by atoms with E-state index in [9.17, 15) is 4.39 Å².